The number of amides is 1. The van der Waals surface area contributed by atoms with Crippen molar-refractivity contribution in [3.05, 3.63) is 30.4 Å². The van der Waals surface area contributed by atoms with E-state index in [1.165, 1.54) is 12.8 Å². The molecule has 0 N–H and O–H groups in total. The lowest BCUT2D eigenvalue weighted by Crippen LogP contribution is -2.41. The minimum Gasteiger partial charge on any atom is -0.443 e. The van der Waals surface area contributed by atoms with E-state index in [2.05, 4.69) is 9.97 Å². The number of aromatic nitrogens is 3. The first-order valence-corrected chi connectivity index (χ1v) is 11.3. The molecule has 2 aromatic heterocycles. The van der Waals surface area contributed by atoms with Gasteiger partial charge >= 0.3 is 13.2 Å². The van der Waals surface area contributed by atoms with E-state index >= 15 is 0 Å². The Kier molecular flexibility index (Phi) is 6.07. The van der Waals surface area contributed by atoms with E-state index in [0.717, 1.165) is 24.0 Å². The fraction of sp³-hybridized carbons (Fsp3) is 0.609. The van der Waals surface area contributed by atoms with Gasteiger partial charge in [0.25, 0.3) is 0 Å². The summed E-state index contributed by atoms with van der Waals surface area (Å²) in [4.78, 5) is 23.3. The number of hydrogen-bond acceptors (Lipinski definition) is 6. The second-order valence-corrected chi connectivity index (χ2v) is 9.82. The van der Waals surface area contributed by atoms with Crippen molar-refractivity contribution in [3.8, 4) is 11.4 Å². The highest BCUT2D eigenvalue weighted by molar-refractivity contribution is 6.62. The summed E-state index contributed by atoms with van der Waals surface area (Å²) in [5.74, 6) is 0. The molecule has 1 saturated carbocycles. The van der Waals surface area contributed by atoms with E-state index in [9.17, 15) is 4.79 Å². The van der Waals surface area contributed by atoms with Crippen LogP contribution in [0.3, 0.4) is 0 Å². The van der Waals surface area contributed by atoms with Crippen molar-refractivity contribution in [1.82, 2.24) is 19.4 Å². The fourth-order valence-electron chi connectivity index (χ4n) is 4.18. The molecule has 9 heteroatoms. The van der Waals surface area contributed by atoms with Gasteiger partial charge in [-0.3, -0.25) is 4.98 Å². The number of ether oxygens (including phenoxy) is 1. The van der Waals surface area contributed by atoms with E-state index in [-0.39, 0.29) is 18.7 Å². The van der Waals surface area contributed by atoms with Crippen LogP contribution in [0.4, 0.5) is 4.79 Å². The molecule has 1 aliphatic carbocycles. The Morgan fingerprint density at radius 2 is 1.84 bits per heavy atom. The van der Waals surface area contributed by atoms with E-state index in [4.69, 9.17) is 14.0 Å². The Bertz CT molecular complexity index is 951. The number of nitrogens with zero attached hydrogens (tertiary/aromatic N) is 4. The van der Waals surface area contributed by atoms with Crippen LogP contribution in [0.25, 0.3) is 11.4 Å². The number of carbonyl (C=O) groups is 1. The topological polar surface area (TPSA) is 78.7 Å². The van der Waals surface area contributed by atoms with Gasteiger partial charge in [-0.15, -0.1) is 0 Å². The van der Waals surface area contributed by atoms with E-state index in [1.54, 1.807) is 17.4 Å². The number of hydrogen-bond donors (Lipinski definition) is 0. The second-order valence-electron chi connectivity index (χ2n) is 9.82. The fourth-order valence-corrected chi connectivity index (χ4v) is 4.18. The monoisotopic (exact) mass is 440 g/mol. The minimum absolute atomic E-state index is 0.141. The second kappa shape index (κ2) is 8.52. The van der Waals surface area contributed by atoms with Gasteiger partial charge in [0.2, 0.25) is 0 Å². The van der Waals surface area contributed by atoms with E-state index < -0.39 is 18.3 Å². The van der Waals surface area contributed by atoms with Crippen LogP contribution < -0.4 is 5.46 Å². The van der Waals surface area contributed by atoms with Crippen LogP contribution in [0.5, 0.6) is 0 Å². The molecule has 4 rings (SSSR count). The Labute approximate surface area is 190 Å². The zero-order valence-electron chi connectivity index (χ0n) is 19.9. The van der Waals surface area contributed by atoms with Crippen LogP contribution in [0.2, 0.25) is 0 Å². The highest BCUT2D eigenvalue weighted by Crippen LogP contribution is 2.36. The van der Waals surface area contributed by atoms with Crippen LogP contribution in [0.1, 0.15) is 59.1 Å². The van der Waals surface area contributed by atoms with Gasteiger partial charge < -0.3 is 23.5 Å². The molecule has 0 unspecified atom stereocenters. The van der Waals surface area contributed by atoms with Crippen LogP contribution >= 0.6 is 0 Å². The van der Waals surface area contributed by atoms with E-state index in [1.807, 2.05) is 58.5 Å². The predicted molar refractivity (Wildman–Crippen MR) is 122 cm³/mol. The lowest BCUT2D eigenvalue weighted by Gasteiger charge is -2.32. The van der Waals surface area contributed by atoms with Gasteiger partial charge in [-0.1, -0.05) is 18.9 Å². The molecule has 8 nitrogen and oxygen atoms in total. The lowest BCUT2D eigenvalue weighted by atomic mass is 9.80. The van der Waals surface area contributed by atoms with Gasteiger partial charge in [-0.2, -0.15) is 0 Å². The standard InChI is InChI=1S/C23H33BN4O4/c1-22(2)23(3,4)32-24(31-22)16-11-12-18(25-13-16)20-19(27(5)15-26-20)14-30-21(29)28(6)17-9-7-8-10-17/h11-13,15,17H,7-10,14H2,1-6H3. The molecule has 0 spiro atoms. The summed E-state index contributed by atoms with van der Waals surface area (Å²) in [6.07, 6.45) is 7.60. The third-order valence-corrected chi connectivity index (χ3v) is 7.11. The number of pyridine rings is 1. The molecule has 1 saturated heterocycles. The van der Waals surface area contributed by atoms with Crippen molar-refractivity contribution in [2.45, 2.75) is 77.2 Å². The summed E-state index contributed by atoms with van der Waals surface area (Å²) in [6, 6.07) is 4.12. The zero-order chi connectivity index (χ0) is 23.1. The maximum Gasteiger partial charge on any atom is 0.496 e. The minimum atomic E-state index is -0.461. The molecule has 1 aliphatic heterocycles. The van der Waals surface area contributed by atoms with Gasteiger partial charge in [0.15, 0.2) is 0 Å². The van der Waals surface area contributed by atoms with E-state index in [0.29, 0.717) is 11.4 Å². The van der Waals surface area contributed by atoms with Crippen molar-refractivity contribution >= 4 is 18.7 Å². The summed E-state index contributed by atoms with van der Waals surface area (Å²) in [5, 5.41) is 0. The smallest absolute Gasteiger partial charge is 0.443 e. The number of imidazole rings is 1. The number of aryl methyl sites for hydroxylation is 1. The Morgan fingerprint density at radius 1 is 1.19 bits per heavy atom. The average Bonchev–Trinajstić information content (AvgIpc) is 3.45. The normalized spacial score (nSPS) is 20.0. The molecule has 1 amide bonds. The first kappa shape index (κ1) is 22.8. The molecule has 0 bridgehead atoms. The quantitative estimate of drug-likeness (QED) is 0.664. The summed E-state index contributed by atoms with van der Waals surface area (Å²) < 4.78 is 19.7. The van der Waals surface area contributed by atoms with Gasteiger partial charge in [0.1, 0.15) is 12.3 Å². The highest BCUT2D eigenvalue weighted by Gasteiger charge is 2.51. The summed E-state index contributed by atoms with van der Waals surface area (Å²) in [6.45, 7) is 8.25. The number of carbonyl (C=O) groups excluding carboxylic acids is 1. The SMILES string of the molecule is CN(C(=O)OCc1c(-c2ccc(B3OC(C)(C)C(C)(C)O3)cn2)ncn1C)C1CCCC1. The maximum absolute atomic E-state index is 12.5. The molecule has 2 aromatic rings. The Morgan fingerprint density at radius 3 is 2.44 bits per heavy atom. The Balaban J connectivity index is 1.45. The summed E-state index contributed by atoms with van der Waals surface area (Å²) >= 11 is 0. The number of rotatable bonds is 5. The molecule has 0 aromatic carbocycles. The van der Waals surface area contributed by atoms with Gasteiger partial charge in [-0.05, 0) is 46.6 Å². The maximum atomic E-state index is 12.5. The third-order valence-electron chi connectivity index (χ3n) is 7.11. The molecule has 32 heavy (non-hydrogen) atoms. The van der Waals surface area contributed by atoms with Gasteiger partial charge in [-0.25, -0.2) is 9.78 Å². The van der Waals surface area contributed by atoms with Gasteiger partial charge in [0, 0.05) is 31.8 Å². The largest absolute Gasteiger partial charge is 0.496 e. The van der Waals surface area contributed by atoms with Gasteiger partial charge in [0.05, 0.1) is 28.9 Å². The molecular formula is C23H33BN4O4. The first-order valence-electron chi connectivity index (χ1n) is 11.3. The zero-order valence-corrected chi connectivity index (χ0v) is 19.9. The van der Waals surface area contributed by atoms with Crippen molar-refractivity contribution in [3.63, 3.8) is 0 Å². The van der Waals surface area contributed by atoms with Crippen molar-refractivity contribution < 1.29 is 18.8 Å². The summed E-state index contributed by atoms with van der Waals surface area (Å²) in [7, 11) is 3.24. The van der Waals surface area contributed by atoms with Crippen molar-refractivity contribution in [2.24, 2.45) is 7.05 Å². The molecule has 2 fully saturated rings. The molecule has 172 valence electrons. The highest BCUT2D eigenvalue weighted by atomic mass is 16.7. The molecular weight excluding hydrogens is 407 g/mol. The summed E-state index contributed by atoms with van der Waals surface area (Å²) in [5.41, 5.74) is 2.26. The van der Waals surface area contributed by atoms with Crippen LogP contribution in [-0.4, -0.2) is 56.9 Å². The Hall–Kier alpha value is -2.39. The molecule has 0 atom stereocenters. The first-order chi connectivity index (χ1) is 15.1. The van der Waals surface area contributed by atoms with Crippen LogP contribution in [0, 0.1) is 0 Å². The van der Waals surface area contributed by atoms with Crippen LogP contribution in [0.15, 0.2) is 24.7 Å². The molecule has 3 heterocycles. The third kappa shape index (κ3) is 4.28. The van der Waals surface area contributed by atoms with Crippen molar-refractivity contribution in [2.75, 3.05) is 7.05 Å². The molecule has 2 aliphatic rings. The average molecular weight is 440 g/mol. The molecule has 0 radical (unpaired) electrons. The lowest BCUT2D eigenvalue weighted by molar-refractivity contribution is 0.00578. The van der Waals surface area contributed by atoms with Crippen molar-refractivity contribution in [1.29, 1.82) is 0 Å². The predicted octanol–water partition coefficient (Wildman–Crippen LogP) is 3.29. The van der Waals surface area contributed by atoms with Crippen LogP contribution in [-0.2, 0) is 27.7 Å².